The van der Waals surface area contributed by atoms with Crippen molar-refractivity contribution in [2.75, 3.05) is 24.3 Å². The van der Waals surface area contributed by atoms with E-state index in [2.05, 4.69) is 5.32 Å². The van der Waals surface area contributed by atoms with Gasteiger partial charge in [-0.15, -0.1) is 0 Å². The molecule has 2 aromatic rings. The first-order chi connectivity index (χ1) is 9.97. The van der Waals surface area contributed by atoms with Crippen molar-refractivity contribution < 1.29 is 4.92 Å². The van der Waals surface area contributed by atoms with Crippen molar-refractivity contribution in [3.63, 3.8) is 0 Å². The summed E-state index contributed by atoms with van der Waals surface area (Å²) in [7, 11) is 3.96. The summed E-state index contributed by atoms with van der Waals surface area (Å²) in [5.74, 6) is 0. The van der Waals surface area contributed by atoms with E-state index in [1.807, 2.05) is 43.3 Å². The number of halogens is 1. The van der Waals surface area contributed by atoms with E-state index in [0.29, 0.717) is 17.3 Å². The van der Waals surface area contributed by atoms with Crippen LogP contribution in [0.4, 0.5) is 17.1 Å². The van der Waals surface area contributed by atoms with Gasteiger partial charge in [-0.05, 0) is 23.8 Å². The summed E-state index contributed by atoms with van der Waals surface area (Å²) in [5, 5.41) is 14.4. The van der Waals surface area contributed by atoms with Gasteiger partial charge in [0.2, 0.25) is 0 Å². The van der Waals surface area contributed by atoms with Crippen LogP contribution in [-0.4, -0.2) is 19.0 Å². The average molecular weight is 306 g/mol. The predicted molar refractivity (Wildman–Crippen MR) is 86.2 cm³/mol. The van der Waals surface area contributed by atoms with E-state index in [4.69, 9.17) is 11.6 Å². The van der Waals surface area contributed by atoms with Crippen molar-refractivity contribution in [3.8, 4) is 0 Å². The molecule has 0 fully saturated rings. The van der Waals surface area contributed by atoms with E-state index in [0.717, 1.165) is 11.3 Å². The highest BCUT2D eigenvalue weighted by Gasteiger charge is 2.09. The van der Waals surface area contributed by atoms with E-state index < -0.39 is 4.92 Å². The predicted octanol–water partition coefficient (Wildman–Crippen LogP) is 3.93. The van der Waals surface area contributed by atoms with Gasteiger partial charge in [-0.2, -0.15) is 0 Å². The molecule has 0 unspecified atom stereocenters. The molecule has 1 N–H and O–H groups in total. The van der Waals surface area contributed by atoms with Crippen LogP contribution in [0.25, 0.3) is 0 Å². The van der Waals surface area contributed by atoms with Crippen LogP contribution in [0.15, 0.2) is 42.5 Å². The fourth-order valence-corrected chi connectivity index (χ4v) is 2.06. The first kappa shape index (κ1) is 15.1. The molecule has 0 aliphatic heterocycles. The monoisotopic (exact) mass is 305 g/mol. The van der Waals surface area contributed by atoms with Crippen LogP contribution in [-0.2, 0) is 6.54 Å². The lowest BCUT2D eigenvalue weighted by Gasteiger charge is -2.13. The van der Waals surface area contributed by atoms with Crippen LogP contribution in [0, 0.1) is 10.1 Å². The van der Waals surface area contributed by atoms with E-state index >= 15 is 0 Å². The Kier molecular flexibility index (Phi) is 4.65. The molecule has 0 aliphatic rings. The first-order valence-electron chi connectivity index (χ1n) is 6.41. The Morgan fingerprint density at radius 3 is 2.43 bits per heavy atom. The van der Waals surface area contributed by atoms with E-state index in [1.54, 1.807) is 0 Å². The van der Waals surface area contributed by atoms with Crippen molar-refractivity contribution in [2.45, 2.75) is 6.54 Å². The molecular weight excluding hydrogens is 290 g/mol. The third-order valence-corrected chi connectivity index (χ3v) is 3.43. The maximum absolute atomic E-state index is 10.8. The van der Waals surface area contributed by atoms with Gasteiger partial charge in [-0.25, -0.2) is 0 Å². The van der Waals surface area contributed by atoms with Gasteiger partial charge in [0.1, 0.15) is 0 Å². The molecule has 0 heterocycles. The van der Waals surface area contributed by atoms with Crippen LogP contribution in [0.1, 0.15) is 5.56 Å². The second kappa shape index (κ2) is 6.45. The number of hydrogen-bond acceptors (Lipinski definition) is 4. The molecule has 0 spiro atoms. The number of nitrogens with one attached hydrogen (secondary N) is 1. The van der Waals surface area contributed by atoms with E-state index in [1.165, 1.54) is 18.2 Å². The van der Waals surface area contributed by atoms with Crippen LogP contribution >= 0.6 is 11.6 Å². The van der Waals surface area contributed by atoms with Gasteiger partial charge in [-0.1, -0.05) is 23.7 Å². The van der Waals surface area contributed by atoms with Crippen molar-refractivity contribution in [1.82, 2.24) is 0 Å². The van der Waals surface area contributed by atoms with Crippen molar-refractivity contribution in [2.24, 2.45) is 0 Å². The Bertz CT molecular complexity index is 642. The second-order valence-corrected chi connectivity index (χ2v) is 5.24. The fourth-order valence-electron chi connectivity index (χ4n) is 1.87. The Morgan fingerprint density at radius 1 is 1.19 bits per heavy atom. The summed E-state index contributed by atoms with van der Waals surface area (Å²) in [5.41, 5.74) is 2.77. The number of benzene rings is 2. The van der Waals surface area contributed by atoms with Crippen LogP contribution in [0.2, 0.25) is 5.02 Å². The summed E-state index contributed by atoms with van der Waals surface area (Å²) in [4.78, 5) is 12.4. The normalized spacial score (nSPS) is 10.2. The quantitative estimate of drug-likeness (QED) is 0.672. The zero-order valence-electron chi connectivity index (χ0n) is 11.8. The summed E-state index contributed by atoms with van der Waals surface area (Å²) in [6, 6.07) is 12.4. The smallest absolute Gasteiger partial charge is 0.271 e. The summed E-state index contributed by atoms with van der Waals surface area (Å²) >= 11 is 6.04. The molecular formula is C15H16ClN3O2. The summed E-state index contributed by atoms with van der Waals surface area (Å²) in [6.45, 7) is 0.550. The van der Waals surface area contributed by atoms with Crippen LogP contribution < -0.4 is 10.2 Å². The summed E-state index contributed by atoms with van der Waals surface area (Å²) in [6.07, 6.45) is 0. The largest absolute Gasteiger partial charge is 0.380 e. The standard InChI is InChI=1S/C15H16ClN3O2/c1-18(2)12-5-3-11(4-6-12)10-17-15-9-13(19(20)21)7-8-14(15)16/h3-9,17H,10H2,1-2H3. The Labute approximate surface area is 128 Å². The molecule has 110 valence electrons. The molecule has 0 amide bonds. The Morgan fingerprint density at radius 2 is 1.86 bits per heavy atom. The van der Waals surface area contributed by atoms with E-state index in [9.17, 15) is 10.1 Å². The average Bonchev–Trinajstić information content (AvgIpc) is 2.46. The first-order valence-corrected chi connectivity index (χ1v) is 6.79. The molecule has 2 aromatic carbocycles. The molecule has 0 aliphatic carbocycles. The molecule has 5 nitrogen and oxygen atoms in total. The van der Waals surface area contributed by atoms with Gasteiger partial charge in [0.05, 0.1) is 15.6 Å². The highest BCUT2D eigenvalue weighted by Crippen LogP contribution is 2.27. The lowest BCUT2D eigenvalue weighted by Crippen LogP contribution is -2.08. The van der Waals surface area contributed by atoms with Gasteiger partial charge in [0.15, 0.2) is 0 Å². The molecule has 0 radical (unpaired) electrons. The van der Waals surface area contributed by atoms with Gasteiger partial charge < -0.3 is 10.2 Å². The molecule has 21 heavy (non-hydrogen) atoms. The molecule has 6 heteroatoms. The minimum atomic E-state index is -0.437. The molecule has 0 bridgehead atoms. The zero-order chi connectivity index (χ0) is 15.4. The molecule has 0 saturated carbocycles. The molecule has 0 aromatic heterocycles. The highest BCUT2D eigenvalue weighted by atomic mass is 35.5. The van der Waals surface area contributed by atoms with Crippen molar-refractivity contribution >= 4 is 28.7 Å². The zero-order valence-corrected chi connectivity index (χ0v) is 12.6. The van der Waals surface area contributed by atoms with Crippen LogP contribution in [0.5, 0.6) is 0 Å². The summed E-state index contributed by atoms with van der Waals surface area (Å²) < 4.78 is 0. The number of nitrogens with zero attached hydrogens (tertiary/aromatic N) is 2. The number of nitro groups is 1. The minimum Gasteiger partial charge on any atom is -0.380 e. The van der Waals surface area contributed by atoms with Crippen LogP contribution in [0.3, 0.4) is 0 Å². The third-order valence-electron chi connectivity index (χ3n) is 3.10. The number of non-ortho nitro benzene ring substituents is 1. The van der Waals surface area contributed by atoms with Crippen molar-refractivity contribution in [1.29, 1.82) is 0 Å². The number of hydrogen-bond donors (Lipinski definition) is 1. The van der Waals surface area contributed by atoms with Crippen molar-refractivity contribution in [3.05, 3.63) is 63.2 Å². The Balaban J connectivity index is 2.09. The minimum absolute atomic E-state index is 0.0184. The third kappa shape index (κ3) is 3.86. The second-order valence-electron chi connectivity index (χ2n) is 4.84. The molecule has 0 saturated heterocycles. The van der Waals surface area contributed by atoms with Gasteiger partial charge >= 0.3 is 0 Å². The maximum Gasteiger partial charge on any atom is 0.271 e. The van der Waals surface area contributed by atoms with E-state index in [-0.39, 0.29) is 5.69 Å². The Hall–Kier alpha value is -2.27. The van der Waals surface area contributed by atoms with Gasteiger partial charge in [0, 0.05) is 38.5 Å². The number of anilines is 2. The number of rotatable bonds is 5. The highest BCUT2D eigenvalue weighted by molar-refractivity contribution is 6.33. The van der Waals surface area contributed by atoms with Gasteiger partial charge in [0.25, 0.3) is 5.69 Å². The topological polar surface area (TPSA) is 58.4 Å². The fraction of sp³-hybridized carbons (Fsp3) is 0.200. The van der Waals surface area contributed by atoms with Gasteiger partial charge in [-0.3, -0.25) is 10.1 Å². The molecule has 0 atom stereocenters. The molecule has 2 rings (SSSR count). The lowest BCUT2D eigenvalue weighted by atomic mass is 10.2. The number of nitro benzene ring substituents is 1. The maximum atomic E-state index is 10.8. The lowest BCUT2D eigenvalue weighted by molar-refractivity contribution is -0.384. The SMILES string of the molecule is CN(C)c1ccc(CNc2cc([N+](=O)[O-])ccc2Cl)cc1.